The van der Waals surface area contributed by atoms with Crippen LogP contribution in [0.5, 0.6) is 11.5 Å². The van der Waals surface area contributed by atoms with E-state index in [2.05, 4.69) is 41.5 Å². The molecule has 0 aromatic heterocycles. The summed E-state index contributed by atoms with van der Waals surface area (Å²) < 4.78 is 11.5. The van der Waals surface area contributed by atoms with Crippen molar-refractivity contribution in [3.05, 3.63) is 34.9 Å². The standard InChI is InChI=1S/C22H32O3/c1-21(2,3)17-13-16(24-7)14-18(22(4,5)6)19(17)25-20(23)15-11-9-8-10-12-15/h11,13-14H,8-10,12H2,1-7H3. The molecule has 1 aliphatic rings. The third kappa shape index (κ3) is 4.65. The number of hydrogen-bond acceptors (Lipinski definition) is 3. The molecule has 1 aromatic carbocycles. The summed E-state index contributed by atoms with van der Waals surface area (Å²) in [5, 5.41) is 0. The zero-order valence-corrected chi connectivity index (χ0v) is 16.8. The molecule has 0 bridgehead atoms. The summed E-state index contributed by atoms with van der Waals surface area (Å²) in [7, 11) is 1.67. The molecule has 3 heteroatoms. The first-order valence-electron chi connectivity index (χ1n) is 9.18. The molecule has 0 amide bonds. The fraction of sp³-hybridized carbons (Fsp3) is 0.591. The van der Waals surface area contributed by atoms with Crippen LogP contribution < -0.4 is 9.47 Å². The summed E-state index contributed by atoms with van der Waals surface area (Å²) in [6.45, 7) is 12.8. The number of benzene rings is 1. The third-order valence-corrected chi connectivity index (χ3v) is 4.66. The van der Waals surface area contributed by atoms with Gasteiger partial charge in [-0.25, -0.2) is 4.79 Å². The fourth-order valence-corrected chi connectivity index (χ4v) is 3.13. The highest BCUT2D eigenvalue weighted by Gasteiger charge is 2.30. The highest BCUT2D eigenvalue weighted by atomic mass is 16.5. The average molecular weight is 344 g/mol. The first-order valence-corrected chi connectivity index (χ1v) is 9.18. The number of rotatable bonds is 3. The lowest BCUT2D eigenvalue weighted by Crippen LogP contribution is -2.23. The first kappa shape index (κ1) is 19.6. The van der Waals surface area contributed by atoms with Crippen LogP contribution >= 0.6 is 0 Å². The van der Waals surface area contributed by atoms with Crippen molar-refractivity contribution in [3.63, 3.8) is 0 Å². The molecular formula is C22H32O3. The van der Waals surface area contributed by atoms with Gasteiger partial charge in [0, 0.05) is 16.7 Å². The van der Waals surface area contributed by atoms with Crippen LogP contribution in [-0.4, -0.2) is 13.1 Å². The molecule has 0 spiro atoms. The number of carbonyl (C=O) groups excluding carboxylic acids is 1. The van der Waals surface area contributed by atoms with Crippen LogP contribution in [0.4, 0.5) is 0 Å². The zero-order valence-electron chi connectivity index (χ0n) is 16.8. The minimum atomic E-state index is -0.208. The monoisotopic (exact) mass is 344 g/mol. The van der Waals surface area contributed by atoms with Gasteiger partial charge in [0.05, 0.1) is 7.11 Å². The lowest BCUT2D eigenvalue weighted by atomic mass is 9.79. The Labute approximate surface area is 152 Å². The molecule has 0 saturated carbocycles. The van der Waals surface area contributed by atoms with Gasteiger partial charge in [-0.05, 0) is 48.6 Å². The molecule has 0 heterocycles. The Morgan fingerprint density at radius 1 is 0.960 bits per heavy atom. The first-order chi connectivity index (χ1) is 11.5. The Morgan fingerprint density at radius 3 is 1.92 bits per heavy atom. The zero-order chi connectivity index (χ0) is 18.8. The van der Waals surface area contributed by atoms with Crippen molar-refractivity contribution in [3.8, 4) is 11.5 Å². The predicted octanol–water partition coefficient (Wildman–Crippen LogP) is 5.70. The average Bonchev–Trinajstić information content (AvgIpc) is 2.53. The van der Waals surface area contributed by atoms with Crippen LogP contribution in [0, 0.1) is 0 Å². The summed E-state index contributed by atoms with van der Waals surface area (Å²) in [6, 6.07) is 3.99. The second-order valence-electron chi connectivity index (χ2n) is 8.92. The van der Waals surface area contributed by atoms with E-state index in [9.17, 15) is 4.79 Å². The molecule has 0 fully saturated rings. The van der Waals surface area contributed by atoms with E-state index in [1.807, 2.05) is 18.2 Å². The lowest BCUT2D eigenvalue weighted by Gasteiger charge is -2.30. The molecular weight excluding hydrogens is 312 g/mol. The van der Waals surface area contributed by atoms with E-state index in [-0.39, 0.29) is 16.8 Å². The van der Waals surface area contributed by atoms with Crippen molar-refractivity contribution in [2.24, 2.45) is 0 Å². The Bertz CT molecular complexity index is 634. The fourth-order valence-electron chi connectivity index (χ4n) is 3.13. The van der Waals surface area contributed by atoms with Crippen molar-refractivity contribution >= 4 is 5.97 Å². The molecule has 0 aliphatic heterocycles. The van der Waals surface area contributed by atoms with E-state index < -0.39 is 0 Å². The molecule has 0 unspecified atom stereocenters. The predicted molar refractivity (Wildman–Crippen MR) is 103 cm³/mol. The molecule has 0 saturated heterocycles. The van der Waals surface area contributed by atoms with E-state index in [4.69, 9.17) is 9.47 Å². The molecule has 0 N–H and O–H groups in total. The second-order valence-corrected chi connectivity index (χ2v) is 8.92. The Morgan fingerprint density at radius 2 is 1.52 bits per heavy atom. The smallest absolute Gasteiger partial charge is 0.339 e. The van der Waals surface area contributed by atoms with E-state index >= 15 is 0 Å². The molecule has 0 atom stereocenters. The highest BCUT2D eigenvalue weighted by molar-refractivity contribution is 5.90. The van der Waals surface area contributed by atoms with Gasteiger partial charge in [-0.15, -0.1) is 0 Å². The van der Waals surface area contributed by atoms with Crippen LogP contribution in [0.25, 0.3) is 0 Å². The number of esters is 1. The molecule has 25 heavy (non-hydrogen) atoms. The minimum absolute atomic E-state index is 0.162. The number of methoxy groups -OCH3 is 1. The Kier molecular flexibility index (Phi) is 5.65. The molecule has 0 radical (unpaired) electrons. The summed E-state index contributed by atoms with van der Waals surface area (Å²) in [5.41, 5.74) is 2.49. The quantitative estimate of drug-likeness (QED) is 0.521. The largest absolute Gasteiger partial charge is 0.497 e. The SMILES string of the molecule is COc1cc(C(C)(C)C)c(OC(=O)C2=CCCCC2)c(C(C)(C)C)c1. The summed E-state index contributed by atoms with van der Waals surface area (Å²) in [6.07, 6.45) is 6.01. The molecule has 138 valence electrons. The van der Waals surface area contributed by atoms with Gasteiger partial charge >= 0.3 is 5.97 Å². The number of ether oxygens (including phenoxy) is 2. The van der Waals surface area contributed by atoms with Gasteiger partial charge in [-0.1, -0.05) is 47.6 Å². The van der Waals surface area contributed by atoms with Gasteiger partial charge in [0.25, 0.3) is 0 Å². The van der Waals surface area contributed by atoms with Crippen LogP contribution in [0.15, 0.2) is 23.8 Å². The van der Waals surface area contributed by atoms with Crippen molar-refractivity contribution in [1.29, 1.82) is 0 Å². The van der Waals surface area contributed by atoms with Crippen LogP contribution in [0.2, 0.25) is 0 Å². The topological polar surface area (TPSA) is 35.5 Å². The molecule has 3 nitrogen and oxygen atoms in total. The number of hydrogen-bond donors (Lipinski definition) is 0. The third-order valence-electron chi connectivity index (χ3n) is 4.66. The highest BCUT2D eigenvalue weighted by Crippen LogP contribution is 2.43. The van der Waals surface area contributed by atoms with Crippen LogP contribution in [0.3, 0.4) is 0 Å². The summed E-state index contributed by atoms with van der Waals surface area (Å²) in [5.74, 6) is 1.28. The number of allylic oxidation sites excluding steroid dienone is 1. The maximum atomic E-state index is 12.8. The van der Waals surface area contributed by atoms with E-state index in [1.165, 1.54) is 0 Å². The molecule has 1 aromatic rings. The van der Waals surface area contributed by atoms with Gasteiger partial charge in [0.15, 0.2) is 0 Å². The lowest BCUT2D eigenvalue weighted by molar-refractivity contribution is -0.130. The van der Waals surface area contributed by atoms with E-state index in [1.54, 1.807) is 7.11 Å². The minimum Gasteiger partial charge on any atom is -0.497 e. The Balaban J connectivity index is 2.56. The molecule has 2 rings (SSSR count). The van der Waals surface area contributed by atoms with Crippen molar-refractivity contribution < 1.29 is 14.3 Å². The van der Waals surface area contributed by atoms with Crippen molar-refractivity contribution in [2.75, 3.05) is 7.11 Å². The van der Waals surface area contributed by atoms with Gasteiger partial charge in [0.2, 0.25) is 0 Å². The van der Waals surface area contributed by atoms with E-state index in [0.717, 1.165) is 48.1 Å². The van der Waals surface area contributed by atoms with Crippen molar-refractivity contribution in [1.82, 2.24) is 0 Å². The summed E-state index contributed by atoms with van der Waals surface area (Å²) >= 11 is 0. The number of carbonyl (C=O) groups is 1. The molecule has 1 aliphatic carbocycles. The normalized spacial score (nSPS) is 15.6. The van der Waals surface area contributed by atoms with Gasteiger partial charge in [-0.2, -0.15) is 0 Å². The van der Waals surface area contributed by atoms with Crippen LogP contribution in [-0.2, 0) is 15.6 Å². The van der Waals surface area contributed by atoms with Gasteiger partial charge in [-0.3, -0.25) is 0 Å². The van der Waals surface area contributed by atoms with Gasteiger partial charge in [0.1, 0.15) is 11.5 Å². The van der Waals surface area contributed by atoms with E-state index in [0.29, 0.717) is 5.75 Å². The summed E-state index contributed by atoms with van der Waals surface area (Å²) in [4.78, 5) is 12.8. The maximum absolute atomic E-state index is 12.8. The van der Waals surface area contributed by atoms with Gasteiger partial charge < -0.3 is 9.47 Å². The Hall–Kier alpha value is -1.77. The second kappa shape index (κ2) is 7.23. The van der Waals surface area contributed by atoms with Crippen molar-refractivity contribution in [2.45, 2.75) is 78.1 Å². The van der Waals surface area contributed by atoms with Crippen LogP contribution in [0.1, 0.15) is 78.4 Å². The maximum Gasteiger partial charge on any atom is 0.339 e.